The lowest BCUT2D eigenvalue weighted by molar-refractivity contribution is -0.138. The van der Waals surface area contributed by atoms with Gasteiger partial charge in [0.15, 0.2) is 9.84 Å². The third-order valence-electron chi connectivity index (χ3n) is 3.72. The van der Waals surface area contributed by atoms with Crippen LogP contribution in [0.1, 0.15) is 12.8 Å². The van der Waals surface area contributed by atoms with Gasteiger partial charge in [-0.1, -0.05) is 0 Å². The van der Waals surface area contributed by atoms with Crippen molar-refractivity contribution in [1.82, 2.24) is 4.90 Å². The van der Waals surface area contributed by atoms with Gasteiger partial charge in [0.25, 0.3) is 0 Å². The van der Waals surface area contributed by atoms with Gasteiger partial charge in [0.2, 0.25) is 0 Å². The van der Waals surface area contributed by atoms with Crippen LogP contribution < -0.4 is 4.74 Å². The molecule has 0 radical (unpaired) electrons. The number of ether oxygens (including phenoxy) is 1. The van der Waals surface area contributed by atoms with Gasteiger partial charge in [0, 0.05) is 0 Å². The number of carboxylic acid groups (broad SMARTS) is 1. The van der Waals surface area contributed by atoms with Crippen LogP contribution >= 0.6 is 0 Å². The summed E-state index contributed by atoms with van der Waals surface area (Å²) in [6.45, 7) is 0.952. The fourth-order valence-electron chi connectivity index (χ4n) is 2.53. The maximum Gasteiger partial charge on any atom is 0.317 e. The number of rotatable bonds is 5. The van der Waals surface area contributed by atoms with Gasteiger partial charge in [0.05, 0.1) is 23.8 Å². The molecule has 0 aromatic heterocycles. The molecule has 0 bridgehead atoms. The Balaban J connectivity index is 2.05. The lowest BCUT2D eigenvalue weighted by Gasteiger charge is -2.30. The number of carbonyl (C=O) groups is 1. The predicted molar refractivity (Wildman–Crippen MR) is 77.3 cm³/mol. The summed E-state index contributed by atoms with van der Waals surface area (Å²) in [7, 11) is -1.84. The minimum atomic E-state index is -3.37. The van der Waals surface area contributed by atoms with E-state index in [9.17, 15) is 13.2 Å². The smallest absolute Gasteiger partial charge is 0.317 e. The molecule has 6 nitrogen and oxygen atoms in total. The Morgan fingerprint density at radius 1 is 1.29 bits per heavy atom. The number of hydrogen-bond acceptors (Lipinski definition) is 5. The summed E-state index contributed by atoms with van der Waals surface area (Å²) in [6, 6.07) is 6.37. The highest BCUT2D eigenvalue weighted by Crippen LogP contribution is 2.25. The van der Waals surface area contributed by atoms with Gasteiger partial charge in [-0.05, 0) is 50.2 Å². The molecule has 0 amide bonds. The van der Waals surface area contributed by atoms with Crippen LogP contribution in [-0.4, -0.2) is 56.4 Å². The number of sulfone groups is 1. The standard InChI is InChI=1S/C14H19NO5S/c1-20-11-2-4-12(5-3-11)21(18,19)13-6-8-15(9-7-13)10-14(16)17/h2-5,13H,6-10H2,1H3,(H,16,17). The number of nitrogens with zero attached hydrogens (tertiary/aromatic N) is 1. The van der Waals surface area contributed by atoms with Gasteiger partial charge >= 0.3 is 5.97 Å². The van der Waals surface area contributed by atoms with E-state index in [1.54, 1.807) is 29.2 Å². The average Bonchev–Trinajstić information content (AvgIpc) is 2.47. The van der Waals surface area contributed by atoms with Gasteiger partial charge in [0.1, 0.15) is 5.75 Å². The number of piperidine rings is 1. The van der Waals surface area contributed by atoms with Crippen LogP contribution in [0.25, 0.3) is 0 Å². The zero-order valence-corrected chi connectivity index (χ0v) is 12.7. The van der Waals surface area contributed by atoms with E-state index in [2.05, 4.69) is 0 Å². The number of benzene rings is 1. The third kappa shape index (κ3) is 3.74. The van der Waals surface area contributed by atoms with Crippen molar-refractivity contribution in [2.45, 2.75) is 23.0 Å². The normalized spacial score (nSPS) is 17.6. The first kappa shape index (κ1) is 15.8. The Morgan fingerprint density at radius 2 is 1.86 bits per heavy atom. The van der Waals surface area contributed by atoms with Crippen LogP contribution in [0.5, 0.6) is 5.75 Å². The molecule has 0 aliphatic carbocycles. The molecular formula is C14H19NO5S. The zero-order chi connectivity index (χ0) is 15.5. The van der Waals surface area contributed by atoms with Gasteiger partial charge in [-0.2, -0.15) is 0 Å². The van der Waals surface area contributed by atoms with Crippen molar-refractivity contribution in [1.29, 1.82) is 0 Å². The molecule has 2 rings (SSSR count). The molecule has 1 N–H and O–H groups in total. The van der Waals surface area contributed by atoms with Crippen molar-refractivity contribution in [3.63, 3.8) is 0 Å². The van der Waals surface area contributed by atoms with E-state index in [1.807, 2.05) is 0 Å². The fraction of sp³-hybridized carbons (Fsp3) is 0.500. The summed E-state index contributed by atoms with van der Waals surface area (Å²) in [5.41, 5.74) is 0. The maximum atomic E-state index is 12.5. The molecule has 21 heavy (non-hydrogen) atoms. The van der Waals surface area contributed by atoms with Gasteiger partial charge in [-0.3, -0.25) is 9.69 Å². The SMILES string of the molecule is COc1ccc(S(=O)(=O)C2CCN(CC(=O)O)CC2)cc1. The number of methoxy groups -OCH3 is 1. The highest BCUT2D eigenvalue weighted by Gasteiger charge is 2.31. The molecular weight excluding hydrogens is 294 g/mol. The lowest BCUT2D eigenvalue weighted by atomic mass is 10.1. The third-order valence-corrected chi connectivity index (χ3v) is 6.00. The van der Waals surface area contributed by atoms with Gasteiger partial charge in [-0.15, -0.1) is 0 Å². The van der Waals surface area contributed by atoms with Crippen LogP contribution in [0.2, 0.25) is 0 Å². The van der Waals surface area contributed by atoms with E-state index < -0.39 is 21.1 Å². The Bertz CT molecular complexity index is 588. The second-order valence-electron chi connectivity index (χ2n) is 5.09. The molecule has 1 saturated heterocycles. The summed E-state index contributed by atoms with van der Waals surface area (Å²) in [5.74, 6) is -0.267. The van der Waals surface area contributed by atoms with Crippen molar-refractivity contribution < 1.29 is 23.1 Å². The Hall–Kier alpha value is -1.60. The predicted octanol–water partition coefficient (Wildman–Crippen LogP) is 1.02. The second-order valence-corrected chi connectivity index (χ2v) is 7.32. The van der Waals surface area contributed by atoms with Crippen molar-refractivity contribution in [2.24, 2.45) is 0 Å². The molecule has 1 aliphatic rings. The summed E-state index contributed by atoms with van der Waals surface area (Å²) in [5, 5.41) is 8.30. The van der Waals surface area contributed by atoms with E-state index in [1.165, 1.54) is 7.11 Å². The van der Waals surface area contributed by atoms with Crippen molar-refractivity contribution >= 4 is 15.8 Å². The van der Waals surface area contributed by atoms with E-state index in [0.29, 0.717) is 36.6 Å². The van der Waals surface area contributed by atoms with E-state index >= 15 is 0 Å². The summed E-state index contributed by atoms with van der Waals surface area (Å²) in [6.07, 6.45) is 0.920. The number of carboxylic acids is 1. The summed E-state index contributed by atoms with van der Waals surface area (Å²) >= 11 is 0. The first-order valence-corrected chi connectivity index (χ1v) is 8.30. The average molecular weight is 313 g/mol. The minimum Gasteiger partial charge on any atom is -0.497 e. The Labute approximate surface area is 124 Å². The van der Waals surface area contributed by atoms with E-state index in [0.717, 1.165) is 0 Å². The quantitative estimate of drug-likeness (QED) is 0.873. The topological polar surface area (TPSA) is 83.9 Å². The molecule has 1 fully saturated rings. The molecule has 0 unspecified atom stereocenters. The first-order valence-electron chi connectivity index (χ1n) is 6.75. The van der Waals surface area contributed by atoms with E-state index in [-0.39, 0.29) is 6.54 Å². The lowest BCUT2D eigenvalue weighted by Crippen LogP contribution is -2.41. The van der Waals surface area contributed by atoms with Crippen molar-refractivity contribution in [3.05, 3.63) is 24.3 Å². The van der Waals surface area contributed by atoms with Crippen LogP contribution in [-0.2, 0) is 14.6 Å². The van der Waals surface area contributed by atoms with Crippen LogP contribution in [0.3, 0.4) is 0 Å². The van der Waals surface area contributed by atoms with Gasteiger partial charge < -0.3 is 9.84 Å². The molecule has 1 heterocycles. The highest BCUT2D eigenvalue weighted by atomic mass is 32.2. The summed E-state index contributed by atoms with van der Waals surface area (Å²) in [4.78, 5) is 12.7. The first-order chi connectivity index (χ1) is 9.93. The van der Waals surface area contributed by atoms with E-state index in [4.69, 9.17) is 9.84 Å². The number of aliphatic carboxylic acids is 1. The van der Waals surface area contributed by atoms with Crippen LogP contribution in [0.15, 0.2) is 29.2 Å². The Kier molecular flexibility index (Phi) is 4.84. The van der Waals surface area contributed by atoms with Crippen molar-refractivity contribution in [2.75, 3.05) is 26.7 Å². The molecule has 116 valence electrons. The second kappa shape index (κ2) is 6.44. The molecule has 1 aromatic carbocycles. The van der Waals surface area contributed by atoms with Gasteiger partial charge in [-0.25, -0.2) is 8.42 Å². The maximum absolute atomic E-state index is 12.5. The van der Waals surface area contributed by atoms with Crippen molar-refractivity contribution in [3.8, 4) is 5.75 Å². The number of hydrogen-bond donors (Lipinski definition) is 1. The molecule has 7 heteroatoms. The number of likely N-dealkylation sites (tertiary alicyclic amines) is 1. The minimum absolute atomic E-state index is 0.0324. The summed E-state index contributed by atoms with van der Waals surface area (Å²) < 4.78 is 30.1. The fourth-order valence-corrected chi connectivity index (χ4v) is 4.26. The zero-order valence-electron chi connectivity index (χ0n) is 11.9. The largest absolute Gasteiger partial charge is 0.497 e. The van der Waals surface area contributed by atoms with Crippen LogP contribution in [0.4, 0.5) is 0 Å². The highest BCUT2D eigenvalue weighted by molar-refractivity contribution is 7.92. The van der Waals surface area contributed by atoms with Crippen LogP contribution in [0, 0.1) is 0 Å². The Morgan fingerprint density at radius 3 is 2.33 bits per heavy atom. The monoisotopic (exact) mass is 313 g/mol. The molecule has 0 saturated carbocycles. The molecule has 1 aliphatic heterocycles. The molecule has 0 spiro atoms. The molecule has 1 aromatic rings. The molecule has 0 atom stereocenters.